The summed E-state index contributed by atoms with van der Waals surface area (Å²) in [6.45, 7) is 0.932. The molecule has 132 valence electrons. The van der Waals surface area contributed by atoms with Gasteiger partial charge >= 0.3 is 0 Å². The second-order valence-corrected chi connectivity index (χ2v) is 8.75. The minimum atomic E-state index is -3.16. The first kappa shape index (κ1) is 17.2. The zero-order chi connectivity index (χ0) is 17.4. The number of fused-ring (bicyclic) bond motifs is 1. The van der Waals surface area contributed by atoms with Crippen LogP contribution in [0, 0.1) is 0 Å². The van der Waals surface area contributed by atoms with E-state index in [0.717, 1.165) is 17.7 Å². The maximum atomic E-state index is 11.9. The Morgan fingerprint density at radius 3 is 2.62 bits per heavy atom. The highest BCUT2D eigenvalue weighted by atomic mass is 32.2. The number of hydrogen-bond donors (Lipinski definition) is 1. The van der Waals surface area contributed by atoms with E-state index in [1.54, 1.807) is 7.05 Å². The lowest BCUT2D eigenvalue weighted by Gasteiger charge is -2.46. The highest BCUT2D eigenvalue weighted by Gasteiger charge is 2.44. The van der Waals surface area contributed by atoms with Gasteiger partial charge in [0.2, 0.25) is 15.9 Å². The fourth-order valence-corrected chi connectivity index (χ4v) is 4.63. The first-order chi connectivity index (χ1) is 11.3. The van der Waals surface area contributed by atoms with Gasteiger partial charge in [-0.1, -0.05) is 18.2 Å². The lowest BCUT2D eigenvalue weighted by molar-refractivity contribution is -0.121. The summed E-state index contributed by atoms with van der Waals surface area (Å²) in [4.78, 5) is 11.9. The molecule has 1 aromatic rings. The van der Waals surface area contributed by atoms with Crippen molar-refractivity contribution in [3.63, 3.8) is 0 Å². The summed E-state index contributed by atoms with van der Waals surface area (Å²) < 4.78 is 31.3. The molecule has 1 spiro atoms. The Hall–Kier alpha value is -1.60. The molecule has 1 aromatic carbocycles. The smallest absolute Gasteiger partial charge is 0.220 e. The first-order valence-electron chi connectivity index (χ1n) is 8.27. The summed E-state index contributed by atoms with van der Waals surface area (Å²) >= 11 is 0. The molecule has 6 nitrogen and oxygen atoms in total. The highest BCUT2D eigenvalue weighted by Crippen LogP contribution is 2.46. The molecule has 1 fully saturated rings. The van der Waals surface area contributed by atoms with Crippen molar-refractivity contribution in [1.82, 2.24) is 9.62 Å². The van der Waals surface area contributed by atoms with Crippen LogP contribution in [0.15, 0.2) is 24.3 Å². The SMILES string of the molecule is CNC(=O)CC1CC2(CCN(S(C)(=O)=O)CC2)Oc2ccccc21. The summed E-state index contributed by atoms with van der Waals surface area (Å²) in [5.74, 6) is 0.936. The molecule has 2 aliphatic rings. The third kappa shape index (κ3) is 3.42. The van der Waals surface area contributed by atoms with Gasteiger partial charge in [0.05, 0.1) is 6.26 Å². The largest absolute Gasteiger partial charge is 0.487 e. The standard InChI is InChI=1S/C17H24N2O4S/c1-18-16(20)11-13-12-17(23-15-6-4-3-5-14(13)15)7-9-19(10-8-17)24(2,21)22/h3-6,13H,7-12H2,1-2H3,(H,18,20). The fraction of sp³-hybridized carbons (Fsp3) is 0.588. The quantitative estimate of drug-likeness (QED) is 0.894. The Morgan fingerprint density at radius 1 is 1.33 bits per heavy atom. The van der Waals surface area contributed by atoms with Crippen LogP contribution < -0.4 is 10.1 Å². The molecule has 0 saturated carbocycles. The second-order valence-electron chi connectivity index (χ2n) is 6.76. The molecule has 24 heavy (non-hydrogen) atoms. The van der Waals surface area contributed by atoms with Crippen molar-refractivity contribution in [1.29, 1.82) is 0 Å². The third-order valence-corrected chi connectivity index (χ3v) is 6.42. The Bertz CT molecular complexity index is 724. The second kappa shape index (κ2) is 6.37. The minimum absolute atomic E-state index is 0.0143. The van der Waals surface area contributed by atoms with Gasteiger partial charge in [-0.25, -0.2) is 12.7 Å². The summed E-state index contributed by atoms with van der Waals surface area (Å²) in [7, 11) is -1.52. The molecule has 2 aliphatic heterocycles. The van der Waals surface area contributed by atoms with Crippen LogP contribution in [0.2, 0.25) is 0 Å². The Morgan fingerprint density at radius 2 is 2.00 bits per heavy atom. The Labute approximate surface area is 143 Å². The number of ether oxygens (including phenoxy) is 1. The van der Waals surface area contributed by atoms with Gasteiger partial charge in [-0.2, -0.15) is 0 Å². The van der Waals surface area contributed by atoms with Crippen LogP contribution in [-0.4, -0.2) is 50.6 Å². The monoisotopic (exact) mass is 352 g/mol. The molecule has 1 unspecified atom stereocenters. The van der Waals surface area contributed by atoms with E-state index in [4.69, 9.17) is 4.74 Å². The van der Waals surface area contributed by atoms with E-state index in [9.17, 15) is 13.2 Å². The molecule has 2 heterocycles. The molecule has 0 radical (unpaired) electrons. The topological polar surface area (TPSA) is 75.7 Å². The van der Waals surface area contributed by atoms with Gasteiger partial charge in [-0.3, -0.25) is 4.79 Å². The number of piperidine rings is 1. The lowest BCUT2D eigenvalue weighted by Crippen LogP contribution is -2.51. The normalized spacial score (nSPS) is 23.3. The lowest BCUT2D eigenvalue weighted by atomic mass is 9.76. The molecule has 1 saturated heterocycles. The maximum Gasteiger partial charge on any atom is 0.220 e. The van der Waals surface area contributed by atoms with Gasteiger partial charge < -0.3 is 10.1 Å². The van der Waals surface area contributed by atoms with Gasteiger partial charge in [0, 0.05) is 45.3 Å². The predicted octanol–water partition coefficient (Wildman–Crippen LogP) is 1.48. The van der Waals surface area contributed by atoms with Crippen molar-refractivity contribution in [3.8, 4) is 5.75 Å². The number of carbonyl (C=O) groups excluding carboxylic acids is 1. The number of amides is 1. The van der Waals surface area contributed by atoms with E-state index in [1.807, 2.05) is 24.3 Å². The zero-order valence-electron chi connectivity index (χ0n) is 14.1. The minimum Gasteiger partial charge on any atom is -0.487 e. The molecule has 7 heteroatoms. The first-order valence-corrected chi connectivity index (χ1v) is 10.1. The fourth-order valence-electron chi connectivity index (χ4n) is 3.78. The van der Waals surface area contributed by atoms with Crippen molar-refractivity contribution >= 4 is 15.9 Å². The van der Waals surface area contributed by atoms with Crippen LogP contribution >= 0.6 is 0 Å². The van der Waals surface area contributed by atoms with E-state index in [2.05, 4.69) is 5.32 Å². The number of benzene rings is 1. The summed E-state index contributed by atoms with van der Waals surface area (Å²) in [6.07, 6.45) is 3.72. The van der Waals surface area contributed by atoms with Crippen LogP contribution in [0.5, 0.6) is 5.75 Å². The molecule has 0 aromatic heterocycles. The maximum absolute atomic E-state index is 11.9. The zero-order valence-corrected chi connectivity index (χ0v) is 14.9. The van der Waals surface area contributed by atoms with Crippen molar-refractivity contribution < 1.29 is 17.9 Å². The number of nitrogens with zero attached hydrogens (tertiary/aromatic N) is 1. The van der Waals surface area contributed by atoms with E-state index in [0.29, 0.717) is 32.4 Å². The number of para-hydroxylation sites is 1. The van der Waals surface area contributed by atoms with Gasteiger partial charge in [0.1, 0.15) is 11.4 Å². The average Bonchev–Trinajstić information content (AvgIpc) is 2.54. The average molecular weight is 352 g/mol. The van der Waals surface area contributed by atoms with Gasteiger partial charge in [-0.05, 0) is 18.1 Å². The van der Waals surface area contributed by atoms with Crippen molar-refractivity contribution in [2.24, 2.45) is 0 Å². The van der Waals surface area contributed by atoms with E-state index in [1.165, 1.54) is 10.6 Å². The summed E-state index contributed by atoms with van der Waals surface area (Å²) in [5.41, 5.74) is 0.686. The van der Waals surface area contributed by atoms with E-state index < -0.39 is 10.0 Å². The van der Waals surface area contributed by atoms with E-state index >= 15 is 0 Å². The van der Waals surface area contributed by atoms with Gasteiger partial charge in [-0.15, -0.1) is 0 Å². The Kier molecular flexibility index (Phi) is 4.57. The molecule has 1 amide bonds. The van der Waals surface area contributed by atoms with Crippen LogP contribution in [0.4, 0.5) is 0 Å². The summed E-state index contributed by atoms with van der Waals surface area (Å²) in [6, 6.07) is 7.85. The predicted molar refractivity (Wildman–Crippen MR) is 91.5 cm³/mol. The Balaban J connectivity index is 1.83. The van der Waals surface area contributed by atoms with Crippen molar-refractivity contribution in [2.75, 3.05) is 26.4 Å². The number of carbonyl (C=O) groups is 1. The number of sulfonamides is 1. The van der Waals surface area contributed by atoms with Crippen LogP contribution in [0.25, 0.3) is 0 Å². The molecule has 1 atom stereocenters. The molecule has 1 N–H and O–H groups in total. The molecule has 0 aliphatic carbocycles. The highest BCUT2D eigenvalue weighted by molar-refractivity contribution is 7.88. The summed E-state index contributed by atoms with van der Waals surface area (Å²) in [5, 5.41) is 2.69. The molecule has 0 bridgehead atoms. The van der Waals surface area contributed by atoms with Crippen LogP contribution in [-0.2, 0) is 14.8 Å². The third-order valence-electron chi connectivity index (χ3n) is 5.12. The molecular formula is C17H24N2O4S. The molecular weight excluding hydrogens is 328 g/mol. The number of hydrogen-bond acceptors (Lipinski definition) is 4. The number of nitrogens with one attached hydrogen (secondary N) is 1. The van der Waals surface area contributed by atoms with Crippen molar-refractivity contribution in [3.05, 3.63) is 29.8 Å². The van der Waals surface area contributed by atoms with Crippen LogP contribution in [0.3, 0.4) is 0 Å². The number of rotatable bonds is 3. The van der Waals surface area contributed by atoms with Gasteiger partial charge in [0.15, 0.2) is 0 Å². The van der Waals surface area contributed by atoms with Gasteiger partial charge in [0.25, 0.3) is 0 Å². The van der Waals surface area contributed by atoms with Crippen LogP contribution in [0.1, 0.15) is 37.2 Å². The van der Waals surface area contributed by atoms with E-state index in [-0.39, 0.29) is 17.4 Å². The van der Waals surface area contributed by atoms with Crippen molar-refractivity contribution in [2.45, 2.75) is 37.2 Å². The molecule has 3 rings (SSSR count).